The average molecular weight is 252 g/mol. The zero-order chi connectivity index (χ0) is 13.1. The molecular formula is C14H11F3O. The summed E-state index contributed by atoms with van der Waals surface area (Å²) in [7, 11) is 0. The molecule has 0 fully saturated rings. The first-order valence-electron chi connectivity index (χ1n) is 5.40. The number of aryl methyl sites for hydroxylation is 1. The fourth-order valence-corrected chi connectivity index (χ4v) is 1.55. The number of hydrogen-bond acceptors (Lipinski definition) is 1. The maximum absolute atomic E-state index is 13.6. The summed E-state index contributed by atoms with van der Waals surface area (Å²) in [5.74, 6) is -1.95. The Hall–Kier alpha value is -1.97. The molecule has 18 heavy (non-hydrogen) atoms. The van der Waals surface area contributed by atoms with Crippen molar-refractivity contribution in [2.75, 3.05) is 0 Å². The molecule has 1 nitrogen and oxygen atoms in total. The van der Waals surface area contributed by atoms with Crippen molar-refractivity contribution in [2.24, 2.45) is 0 Å². The molecule has 0 radical (unpaired) electrons. The first-order valence-corrected chi connectivity index (χ1v) is 5.40. The van der Waals surface area contributed by atoms with Crippen molar-refractivity contribution in [1.29, 1.82) is 0 Å². The minimum Gasteiger partial charge on any atom is -0.486 e. The smallest absolute Gasteiger partial charge is 0.167 e. The highest BCUT2D eigenvalue weighted by atomic mass is 19.1. The maximum atomic E-state index is 13.6. The molecule has 2 aromatic rings. The zero-order valence-corrected chi connectivity index (χ0v) is 9.71. The van der Waals surface area contributed by atoms with Crippen molar-refractivity contribution in [3.8, 4) is 5.75 Å². The molecule has 94 valence electrons. The highest BCUT2D eigenvalue weighted by Crippen LogP contribution is 2.22. The molecule has 2 aromatic carbocycles. The molecule has 0 amide bonds. The van der Waals surface area contributed by atoms with Crippen LogP contribution in [0, 0.1) is 24.4 Å². The number of rotatable bonds is 3. The minimum absolute atomic E-state index is 0.0161. The topological polar surface area (TPSA) is 9.23 Å². The summed E-state index contributed by atoms with van der Waals surface area (Å²) in [5, 5.41) is 0. The van der Waals surface area contributed by atoms with Crippen LogP contribution < -0.4 is 4.74 Å². The van der Waals surface area contributed by atoms with E-state index in [-0.39, 0.29) is 17.9 Å². The van der Waals surface area contributed by atoms with Crippen molar-refractivity contribution in [3.05, 3.63) is 65.0 Å². The number of ether oxygens (including phenoxy) is 1. The second-order valence-corrected chi connectivity index (χ2v) is 3.88. The molecule has 0 atom stereocenters. The summed E-state index contributed by atoms with van der Waals surface area (Å²) in [6.45, 7) is 1.24. The van der Waals surface area contributed by atoms with Gasteiger partial charge in [-0.3, -0.25) is 0 Å². The molecule has 0 aromatic heterocycles. The first-order chi connectivity index (χ1) is 8.59. The SMILES string of the molecule is Cc1cccc(OCc2c(F)cccc2F)c1F. The van der Waals surface area contributed by atoms with Crippen LogP contribution in [0.4, 0.5) is 13.2 Å². The van der Waals surface area contributed by atoms with Crippen LogP contribution in [0.5, 0.6) is 5.75 Å². The van der Waals surface area contributed by atoms with Gasteiger partial charge < -0.3 is 4.74 Å². The van der Waals surface area contributed by atoms with Gasteiger partial charge in [-0.25, -0.2) is 13.2 Å². The summed E-state index contributed by atoms with van der Waals surface area (Å²) >= 11 is 0. The molecule has 0 unspecified atom stereocenters. The van der Waals surface area contributed by atoms with Crippen LogP contribution in [0.2, 0.25) is 0 Å². The second-order valence-electron chi connectivity index (χ2n) is 3.88. The number of hydrogen-bond donors (Lipinski definition) is 0. The van der Waals surface area contributed by atoms with Crippen LogP contribution in [-0.2, 0) is 6.61 Å². The lowest BCUT2D eigenvalue weighted by Gasteiger charge is -2.09. The molecule has 4 heteroatoms. The van der Waals surface area contributed by atoms with Gasteiger partial charge in [-0.1, -0.05) is 18.2 Å². The predicted octanol–water partition coefficient (Wildman–Crippen LogP) is 3.99. The maximum Gasteiger partial charge on any atom is 0.167 e. The van der Waals surface area contributed by atoms with Gasteiger partial charge in [0.15, 0.2) is 11.6 Å². The minimum atomic E-state index is -0.705. The average Bonchev–Trinajstić information content (AvgIpc) is 2.33. The van der Waals surface area contributed by atoms with E-state index in [1.165, 1.54) is 12.1 Å². The van der Waals surface area contributed by atoms with Crippen LogP contribution >= 0.6 is 0 Å². The van der Waals surface area contributed by atoms with E-state index in [1.807, 2.05) is 0 Å². The van der Waals surface area contributed by atoms with Gasteiger partial charge in [0.05, 0.1) is 5.56 Å². The van der Waals surface area contributed by atoms with E-state index in [0.29, 0.717) is 5.56 Å². The Labute approximate surface area is 103 Å². The number of benzene rings is 2. The van der Waals surface area contributed by atoms with Crippen LogP contribution in [-0.4, -0.2) is 0 Å². The van der Waals surface area contributed by atoms with E-state index in [4.69, 9.17) is 4.74 Å². The van der Waals surface area contributed by atoms with Crippen LogP contribution in [0.25, 0.3) is 0 Å². The Morgan fingerprint density at radius 1 is 0.944 bits per heavy atom. The summed E-state index contributed by atoms with van der Waals surface area (Å²) in [6, 6.07) is 8.16. The lowest BCUT2D eigenvalue weighted by molar-refractivity contribution is 0.278. The Morgan fingerprint density at radius 2 is 1.56 bits per heavy atom. The van der Waals surface area contributed by atoms with Gasteiger partial charge in [0.2, 0.25) is 0 Å². The summed E-state index contributed by atoms with van der Waals surface area (Å²) in [4.78, 5) is 0. The molecule has 0 spiro atoms. The zero-order valence-electron chi connectivity index (χ0n) is 9.71. The monoisotopic (exact) mass is 252 g/mol. The molecule has 0 aliphatic heterocycles. The van der Waals surface area contributed by atoms with Gasteiger partial charge in [0.1, 0.15) is 18.2 Å². The third-order valence-corrected chi connectivity index (χ3v) is 2.59. The van der Waals surface area contributed by atoms with Crippen LogP contribution in [0.3, 0.4) is 0 Å². The summed E-state index contributed by atoms with van der Waals surface area (Å²) in [5.41, 5.74) is 0.208. The van der Waals surface area contributed by atoms with Gasteiger partial charge in [-0.2, -0.15) is 0 Å². The lowest BCUT2D eigenvalue weighted by atomic mass is 10.2. The highest BCUT2D eigenvalue weighted by molar-refractivity contribution is 5.30. The summed E-state index contributed by atoms with van der Waals surface area (Å²) < 4.78 is 45.3. The van der Waals surface area contributed by atoms with Gasteiger partial charge in [-0.05, 0) is 30.7 Å². The molecule has 0 heterocycles. The van der Waals surface area contributed by atoms with E-state index >= 15 is 0 Å². The van der Waals surface area contributed by atoms with E-state index in [2.05, 4.69) is 0 Å². The molecule has 0 aliphatic rings. The fraction of sp³-hybridized carbons (Fsp3) is 0.143. The van der Waals surface area contributed by atoms with E-state index < -0.39 is 17.5 Å². The third kappa shape index (κ3) is 2.47. The first kappa shape index (κ1) is 12.5. The largest absolute Gasteiger partial charge is 0.486 e. The molecule has 0 saturated carbocycles. The Kier molecular flexibility index (Phi) is 3.55. The van der Waals surface area contributed by atoms with E-state index in [9.17, 15) is 13.2 Å². The molecule has 0 bridgehead atoms. The Bertz CT molecular complexity index is 547. The Morgan fingerprint density at radius 3 is 2.22 bits per heavy atom. The van der Waals surface area contributed by atoms with Crippen LogP contribution in [0.15, 0.2) is 36.4 Å². The number of halogens is 3. The van der Waals surface area contributed by atoms with Gasteiger partial charge >= 0.3 is 0 Å². The van der Waals surface area contributed by atoms with Crippen molar-refractivity contribution < 1.29 is 17.9 Å². The van der Waals surface area contributed by atoms with Crippen molar-refractivity contribution in [3.63, 3.8) is 0 Å². The molecule has 0 saturated heterocycles. The van der Waals surface area contributed by atoms with Gasteiger partial charge in [0, 0.05) is 0 Å². The van der Waals surface area contributed by atoms with Crippen molar-refractivity contribution in [2.45, 2.75) is 13.5 Å². The Balaban J connectivity index is 2.19. The van der Waals surface area contributed by atoms with E-state index in [0.717, 1.165) is 12.1 Å². The van der Waals surface area contributed by atoms with E-state index in [1.54, 1.807) is 19.1 Å². The van der Waals surface area contributed by atoms with Crippen molar-refractivity contribution in [1.82, 2.24) is 0 Å². The quantitative estimate of drug-likeness (QED) is 0.802. The molecule has 0 aliphatic carbocycles. The molecule has 2 rings (SSSR count). The summed E-state index contributed by atoms with van der Waals surface area (Å²) in [6.07, 6.45) is 0. The molecule has 0 N–H and O–H groups in total. The third-order valence-electron chi connectivity index (χ3n) is 2.59. The predicted molar refractivity (Wildman–Crippen MR) is 61.8 cm³/mol. The standard InChI is InChI=1S/C14H11F3O/c1-9-4-2-7-13(14(9)17)18-8-10-11(15)5-3-6-12(10)16/h2-7H,8H2,1H3. The normalized spacial score (nSPS) is 10.4. The van der Waals surface area contributed by atoms with Gasteiger partial charge in [0.25, 0.3) is 0 Å². The fourth-order valence-electron chi connectivity index (χ4n) is 1.55. The molecular weight excluding hydrogens is 241 g/mol. The van der Waals surface area contributed by atoms with Crippen molar-refractivity contribution >= 4 is 0 Å². The highest BCUT2D eigenvalue weighted by Gasteiger charge is 2.11. The second kappa shape index (κ2) is 5.12. The van der Waals surface area contributed by atoms with Gasteiger partial charge in [-0.15, -0.1) is 0 Å². The van der Waals surface area contributed by atoms with Crippen LogP contribution in [0.1, 0.15) is 11.1 Å². The lowest BCUT2D eigenvalue weighted by Crippen LogP contribution is -2.03.